The lowest BCUT2D eigenvalue weighted by Gasteiger charge is -2.11. The van der Waals surface area contributed by atoms with E-state index < -0.39 is 0 Å². The maximum absolute atomic E-state index is 12.1. The van der Waals surface area contributed by atoms with Crippen molar-refractivity contribution in [1.82, 2.24) is 4.98 Å². The zero-order valence-corrected chi connectivity index (χ0v) is 13.2. The number of amides is 1. The zero-order chi connectivity index (χ0) is 13.8. The van der Waals surface area contributed by atoms with Crippen molar-refractivity contribution in [3.8, 4) is 0 Å². The molecule has 1 amide bonds. The highest BCUT2D eigenvalue weighted by molar-refractivity contribution is 9.10. The molecule has 2 aromatic heterocycles. The summed E-state index contributed by atoms with van der Waals surface area (Å²) in [7, 11) is 0. The van der Waals surface area contributed by atoms with Gasteiger partial charge in [-0.1, -0.05) is 13.0 Å². The lowest BCUT2D eigenvalue weighted by atomic mass is 10.1. The number of hydrogen-bond donors (Lipinski definition) is 1. The quantitative estimate of drug-likeness (QED) is 0.855. The summed E-state index contributed by atoms with van der Waals surface area (Å²) in [4.78, 5) is 17.5. The summed E-state index contributed by atoms with van der Waals surface area (Å²) >= 11 is 5.02. The fourth-order valence-electron chi connectivity index (χ4n) is 1.72. The molecule has 2 aromatic rings. The minimum atomic E-state index is -0.0531. The number of carbonyl (C=O) groups is 1. The van der Waals surface area contributed by atoms with Crippen LogP contribution >= 0.6 is 27.3 Å². The third-order valence-corrected chi connectivity index (χ3v) is 4.55. The number of aryl methyl sites for hydroxylation is 1. The van der Waals surface area contributed by atoms with Crippen LogP contribution in [0.3, 0.4) is 0 Å². The number of anilines is 1. The molecule has 1 atom stereocenters. The molecule has 2 heterocycles. The van der Waals surface area contributed by atoms with E-state index in [1.165, 1.54) is 4.88 Å². The first-order valence-electron chi connectivity index (χ1n) is 6.01. The maximum Gasteiger partial charge on any atom is 0.227 e. The van der Waals surface area contributed by atoms with Crippen LogP contribution in [0.5, 0.6) is 0 Å². The number of hydrogen-bond acceptors (Lipinski definition) is 3. The molecule has 2 rings (SSSR count). The van der Waals surface area contributed by atoms with Crippen LogP contribution in [0.2, 0.25) is 0 Å². The second kappa shape index (κ2) is 6.30. The van der Waals surface area contributed by atoms with Crippen LogP contribution in [0.25, 0.3) is 0 Å². The van der Waals surface area contributed by atoms with Gasteiger partial charge in [0.05, 0.1) is 11.9 Å². The number of nitrogens with zero attached hydrogens (tertiary/aromatic N) is 1. The molecule has 0 aliphatic rings. The van der Waals surface area contributed by atoms with Gasteiger partial charge in [-0.05, 0) is 52.4 Å². The normalized spacial score (nSPS) is 12.2. The van der Waals surface area contributed by atoms with E-state index in [0.717, 1.165) is 22.3 Å². The smallest absolute Gasteiger partial charge is 0.227 e. The molecule has 3 nitrogen and oxygen atoms in total. The first kappa shape index (κ1) is 14.2. The average Bonchev–Trinajstić information content (AvgIpc) is 2.86. The van der Waals surface area contributed by atoms with Crippen molar-refractivity contribution >= 4 is 38.9 Å². The Labute approximate surface area is 125 Å². The van der Waals surface area contributed by atoms with Crippen molar-refractivity contribution in [2.45, 2.75) is 20.3 Å². The first-order chi connectivity index (χ1) is 9.06. The third kappa shape index (κ3) is 3.88. The Balaban J connectivity index is 1.98. The van der Waals surface area contributed by atoms with Gasteiger partial charge in [-0.15, -0.1) is 11.3 Å². The highest BCUT2D eigenvalue weighted by Crippen LogP contribution is 2.19. The van der Waals surface area contributed by atoms with Crippen molar-refractivity contribution < 1.29 is 4.79 Å². The Hall–Kier alpha value is -1.20. The van der Waals surface area contributed by atoms with Gasteiger partial charge < -0.3 is 5.32 Å². The summed E-state index contributed by atoms with van der Waals surface area (Å²) in [6, 6.07) is 5.97. The molecule has 0 bridgehead atoms. The van der Waals surface area contributed by atoms with E-state index in [2.05, 4.69) is 32.3 Å². The van der Waals surface area contributed by atoms with E-state index in [1.54, 1.807) is 17.5 Å². The SMILES string of the molecule is Cc1cc(NC(=O)[C@H](C)Cc2cccs2)cnc1Br. The van der Waals surface area contributed by atoms with Gasteiger partial charge in [0.1, 0.15) is 4.60 Å². The summed E-state index contributed by atoms with van der Waals surface area (Å²) in [5.74, 6) is -0.0282. The minimum absolute atomic E-state index is 0.0249. The van der Waals surface area contributed by atoms with Crippen LogP contribution in [0, 0.1) is 12.8 Å². The van der Waals surface area contributed by atoms with E-state index in [9.17, 15) is 4.79 Å². The van der Waals surface area contributed by atoms with Crippen molar-refractivity contribution in [3.05, 3.63) is 44.8 Å². The lowest BCUT2D eigenvalue weighted by molar-refractivity contribution is -0.119. The predicted molar refractivity (Wildman–Crippen MR) is 82.5 cm³/mol. The molecule has 0 aliphatic carbocycles. The molecule has 100 valence electrons. The van der Waals surface area contributed by atoms with E-state index >= 15 is 0 Å². The summed E-state index contributed by atoms with van der Waals surface area (Å²) in [5, 5.41) is 4.93. The molecule has 5 heteroatoms. The molecule has 0 fully saturated rings. The van der Waals surface area contributed by atoms with Gasteiger partial charge >= 0.3 is 0 Å². The molecule has 0 radical (unpaired) electrons. The molecule has 0 aliphatic heterocycles. The molecule has 0 saturated carbocycles. The molecule has 19 heavy (non-hydrogen) atoms. The summed E-state index contributed by atoms with van der Waals surface area (Å²) in [6.45, 7) is 3.88. The van der Waals surface area contributed by atoms with Gasteiger partial charge in [0, 0.05) is 10.8 Å². The number of rotatable bonds is 4. The van der Waals surface area contributed by atoms with Crippen molar-refractivity contribution in [1.29, 1.82) is 0 Å². The fourth-order valence-corrected chi connectivity index (χ4v) is 2.77. The molecule has 0 spiro atoms. The largest absolute Gasteiger partial charge is 0.324 e. The Morgan fingerprint density at radius 1 is 1.58 bits per heavy atom. The van der Waals surface area contributed by atoms with Crippen molar-refractivity contribution in [2.24, 2.45) is 5.92 Å². The number of pyridine rings is 1. The van der Waals surface area contributed by atoms with Gasteiger partial charge in [-0.25, -0.2) is 4.98 Å². The average molecular weight is 339 g/mol. The Kier molecular flexibility index (Phi) is 4.71. The fraction of sp³-hybridized carbons (Fsp3) is 0.286. The van der Waals surface area contributed by atoms with E-state index in [0.29, 0.717) is 0 Å². The molecular weight excluding hydrogens is 324 g/mol. The van der Waals surface area contributed by atoms with E-state index in [1.807, 2.05) is 31.4 Å². The molecular formula is C14H15BrN2OS. The van der Waals surface area contributed by atoms with Crippen LogP contribution in [-0.4, -0.2) is 10.9 Å². The Morgan fingerprint density at radius 3 is 3.00 bits per heavy atom. The van der Waals surface area contributed by atoms with Crippen LogP contribution in [0.15, 0.2) is 34.4 Å². The molecule has 0 saturated heterocycles. The van der Waals surface area contributed by atoms with E-state index in [4.69, 9.17) is 0 Å². The van der Waals surface area contributed by atoms with Crippen LogP contribution < -0.4 is 5.32 Å². The van der Waals surface area contributed by atoms with Gasteiger partial charge in [0.15, 0.2) is 0 Å². The Morgan fingerprint density at radius 2 is 2.37 bits per heavy atom. The highest BCUT2D eigenvalue weighted by atomic mass is 79.9. The van der Waals surface area contributed by atoms with Crippen LogP contribution in [-0.2, 0) is 11.2 Å². The molecule has 0 aromatic carbocycles. The van der Waals surface area contributed by atoms with Gasteiger partial charge in [-0.2, -0.15) is 0 Å². The highest BCUT2D eigenvalue weighted by Gasteiger charge is 2.14. The maximum atomic E-state index is 12.1. The second-order valence-electron chi connectivity index (χ2n) is 4.51. The molecule has 1 N–H and O–H groups in total. The van der Waals surface area contributed by atoms with Gasteiger partial charge in [0.25, 0.3) is 0 Å². The minimum Gasteiger partial charge on any atom is -0.324 e. The summed E-state index contributed by atoms with van der Waals surface area (Å²) < 4.78 is 0.803. The van der Waals surface area contributed by atoms with Crippen molar-refractivity contribution in [3.63, 3.8) is 0 Å². The Bertz CT molecular complexity index is 569. The monoisotopic (exact) mass is 338 g/mol. The van der Waals surface area contributed by atoms with Crippen LogP contribution in [0.4, 0.5) is 5.69 Å². The van der Waals surface area contributed by atoms with Gasteiger partial charge in [0.2, 0.25) is 5.91 Å². The van der Waals surface area contributed by atoms with E-state index in [-0.39, 0.29) is 11.8 Å². The summed E-state index contributed by atoms with van der Waals surface area (Å²) in [6.07, 6.45) is 2.43. The predicted octanol–water partition coefficient (Wildman–Crippen LogP) is 4.03. The number of halogens is 1. The number of aromatic nitrogens is 1. The summed E-state index contributed by atoms with van der Waals surface area (Å²) in [5.41, 5.74) is 1.74. The zero-order valence-electron chi connectivity index (χ0n) is 10.8. The number of carbonyl (C=O) groups excluding carboxylic acids is 1. The first-order valence-corrected chi connectivity index (χ1v) is 7.69. The number of thiophene rings is 1. The lowest BCUT2D eigenvalue weighted by Crippen LogP contribution is -2.22. The van der Waals surface area contributed by atoms with Crippen molar-refractivity contribution in [2.75, 3.05) is 5.32 Å². The second-order valence-corrected chi connectivity index (χ2v) is 6.29. The molecule has 0 unspecified atom stereocenters. The topological polar surface area (TPSA) is 42.0 Å². The third-order valence-electron chi connectivity index (χ3n) is 2.82. The number of nitrogens with one attached hydrogen (secondary N) is 1. The van der Waals surface area contributed by atoms with Gasteiger partial charge in [-0.3, -0.25) is 4.79 Å². The standard InChI is InChI=1S/C14H15BrN2OS/c1-9-6-11(8-16-13(9)15)17-14(18)10(2)7-12-4-3-5-19-12/h3-6,8,10H,7H2,1-2H3,(H,17,18)/t10-/m1/s1. The van der Waals surface area contributed by atoms with Crippen LogP contribution in [0.1, 0.15) is 17.4 Å².